The normalized spacial score (nSPS) is 16.7. The quantitative estimate of drug-likeness (QED) is 0.180. The summed E-state index contributed by atoms with van der Waals surface area (Å²) in [6.07, 6.45) is 0.835. The van der Waals surface area contributed by atoms with E-state index < -0.39 is 31.0 Å². The molecule has 1 fully saturated rings. The van der Waals surface area contributed by atoms with Crippen molar-refractivity contribution in [3.63, 3.8) is 0 Å². The molecule has 256 valence electrons. The molecule has 0 radical (unpaired) electrons. The van der Waals surface area contributed by atoms with Crippen molar-refractivity contribution in [2.75, 3.05) is 6.61 Å². The van der Waals surface area contributed by atoms with Gasteiger partial charge in [0.2, 0.25) is 0 Å². The first kappa shape index (κ1) is 36.4. The molecule has 0 bridgehead atoms. The van der Waals surface area contributed by atoms with Crippen molar-refractivity contribution in [1.82, 2.24) is 4.57 Å². The predicted molar refractivity (Wildman–Crippen MR) is 201 cm³/mol. The molecule has 5 rings (SSSR count). The van der Waals surface area contributed by atoms with E-state index in [2.05, 4.69) is 114 Å². The number of aromatic nitrogens is 1. The maximum absolute atomic E-state index is 14.6. The summed E-state index contributed by atoms with van der Waals surface area (Å²) in [6.45, 7) is 30.4. The van der Waals surface area contributed by atoms with E-state index in [1.807, 2.05) is 41.8 Å². The predicted octanol–water partition coefficient (Wildman–Crippen LogP) is 8.31. The number of carbonyl (C=O) groups excluding carboxylic acids is 1. The minimum atomic E-state index is -0.580. The molecule has 0 N–H and O–H groups in total. The van der Waals surface area contributed by atoms with Gasteiger partial charge in [-0.05, 0) is 112 Å². The fourth-order valence-corrected chi connectivity index (χ4v) is 6.44. The summed E-state index contributed by atoms with van der Waals surface area (Å²) in [4.78, 5) is 14.6. The zero-order chi connectivity index (χ0) is 35.6. The van der Waals surface area contributed by atoms with Gasteiger partial charge in [0.05, 0.1) is 22.2 Å². The summed E-state index contributed by atoms with van der Waals surface area (Å²) < 4.78 is 28.3. The van der Waals surface area contributed by atoms with Crippen LogP contribution in [-0.2, 0) is 29.4 Å². The molecular formula is C40H55B2NO5. The van der Waals surface area contributed by atoms with Crippen LogP contribution in [0.4, 0.5) is 0 Å². The van der Waals surface area contributed by atoms with E-state index in [0.717, 1.165) is 50.3 Å². The molecule has 0 spiro atoms. The zero-order valence-electron chi connectivity index (χ0n) is 31.8. The lowest BCUT2D eigenvalue weighted by Gasteiger charge is -2.32. The Hall–Kier alpha value is -2.90. The van der Waals surface area contributed by atoms with Gasteiger partial charge in [-0.1, -0.05) is 78.8 Å². The van der Waals surface area contributed by atoms with E-state index in [0.29, 0.717) is 12.2 Å². The van der Waals surface area contributed by atoms with Crippen molar-refractivity contribution >= 4 is 52.9 Å². The van der Waals surface area contributed by atoms with Crippen LogP contribution in [0.1, 0.15) is 125 Å². The maximum Gasteiger partial charge on any atom is 0.495 e. The van der Waals surface area contributed by atoms with Crippen LogP contribution < -0.4 is 10.9 Å². The highest BCUT2D eigenvalue weighted by Gasteiger charge is 2.53. The molecule has 4 aromatic rings. The number of rotatable bonds is 8. The van der Waals surface area contributed by atoms with Crippen LogP contribution in [0.2, 0.25) is 0 Å². The molecule has 3 aromatic carbocycles. The van der Waals surface area contributed by atoms with Crippen molar-refractivity contribution in [2.45, 2.75) is 131 Å². The van der Waals surface area contributed by atoms with Crippen molar-refractivity contribution in [3.8, 4) is 0 Å². The minimum absolute atomic E-state index is 0.0730. The average molecular weight is 652 g/mol. The zero-order valence-corrected chi connectivity index (χ0v) is 31.8. The van der Waals surface area contributed by atoms with Gasteiger partial charge in [-0.15, -0.1) is 0 Å². The number of nitrogens with zero attached hydrogens (tertiary/aromatic N) is 1. The monoisotopic (exact) mass is 651 g/mol. The van der Waals surface area contributed by atoms with Gasteiger partial charge in [-0.25, -0.2) is 0 Å². The Labute approximate surface area is 289 Å². The second-order valence-corrected chi connectivity index (χ2v) is 17.0. The molecule has 6 nitrogen and oxygen atoms in total. The lowest BCUT2D eigenvalue weighted by atomic mass is 9.67. The Bertz CT molecular complexity index is 1810. The van der Waals surface area contributed by atoms with Gasteiger partial charge in [0.1, 0.15) is 0 Å². The third-order valence-corrected chi connectivity index (χ3v) is 10.3. The van der Waals surface area contributed by atoms with Gasteiger partial charge in [-0.3, -0.25) is 9.36 Å². The number of hydrogen-bond acceptors (Lipinski definition) is 5. The standard InChI is InChI=1S/C40H55B2NO5/c1-15-38(9,10)46-41(45-16-2)31-22-27-28-23-32(42-47-39(11,12)40(13,14)48-42)30(37(6,7)8)25-34(28)43(33(27)24-29(31)36(3,4)5)35(44)26-20-18-17-19-21-26/h17-25H,15-16H2,1-14H3. The van der Waals surface area contributed by atoms with Gasteiger partial charge in [0.25, 0.3) is 5.91 Å². The Morgan fingerprint density at radius 2 is 1.31 bits per heavy atom. The van der Waals surface area contributed by atoms with E-state index in [1.54, 1.807) is 0 Å². The van der Waals surface area contributed by atoms with Crippen LogP contribution in [0.5, 0.6) is 0 Å². The summed E-state index contributed by atoms with van der Waals surface area (Å²) in [5.74, 6) is -0.0730. The van der Waals surface area contributed by atoms with Gasteiger partial charge in [-0.2, -0.15) is 0 Å². The molecule has 0 saturated carbocycles. The molecule has 2 heterocycles. The molecule has 0 atom stereocenters. The molecule has 0 aliphatic carbocycles. The van der Waals surface area contributed by atoms with Crippen LogP contribution in [0.15, 0.2) is 54.6 Å². The number of benzene rings is 3. The molecule has 48 heavy (non-hydrogen) atoms. The smallest absolute Gasteiger partial charge is 0.408 e. The lowest BCUT2D eigenvalue weighted by Crippen LogP contribution is -2.46. The Kier molecular flexibility index (Phi) is 9.44. The van der Waals surface area contributed by atoms with E-state index in [4.69, 9.17) is 18.6 Å². The molecule has 0 unspecified atom stereocenters. The highest BCUT2D eigenvalue weighted by Crippen LogP contribution is 2.40. The molecule has 1 aliphatic rings. The van der Waals surface area contributed by atoms with Crippen molar-refractivity contribution in [3.05, 3.63) is 71.3 Å². The molecule has 1 saturated heterocycles. The van der Waals surface area contributed by atoms with Crippen molar-refractivity contribution in [1.29, 1.82) is 0 Å². The SMILES string of the molecule is CCOB(OC(C)(C)CC)c1cc2c3cc(B4OC(C)(C)C(C)(C)O4)c(C(C)(C)C)cc3n(C(=O)c3ccccc3)c2cc1C(C)(C)C. The second-order valence-electron chi connectivity index (χ2n) is 17.0. The van der Waals surface area contributed by atoms with Gasteiger partial charge < -0.3 is 18.6 Å². The lowest BCUT2D eigenvalue weighted by molar-refractivity contribution is 0.00578. The number of carbonyl (C=O) groups is 1. The van der Waals surface area contributed by atoms with E-state index in [-0.39, 0.29) is 16.7 Å². The third kappa shape index (κ3) is 6.66. The summed E-state index contributed by atoms with van der Waals surface area (Å²) in [5.41, 5.74) is 4.52. The first-order chi connectivity index (χ1) is 22.1. The van der Waals surface area contributed by atoms with E-state index in [1.165, 1.54) is 0 Å². The maximum atomic E-state index is 14.6. The van der Waals surface area contributed by atoms with Gasteiger partial charge in [0.15, 0.2) is 0 Å². The Morgan fingerprint density at radius 3 is 1.81 bits per heavy atom. The van der Waals surface area contributed by atoms with E-state index >= 15 is 0 Å². The van der Waals surface area contributed by atoms with E-state index in [9.17, 15) is 4.79 Å². The highest BCUT2D eigenvalue weighted by atomic mass is 16.7. The molecule has 1 aromatic heterocycles. The first-order valence-corrected chi connectivity index (χ1v) is 17.5. The van der Waals surface area contributed by atoms with Crippen LogP contribution in [0.3, 0.4) is 0 Å². The van der Waals surface area contributed by atoms with Crippen LogP contribution in [0.25, 0.3) is 21.8 Å². The van der Waals surface area contributed by atoms with Crippen molar-refractivity contribution in [2.24, 2.45) is 0 Å². The topological polar surface area (TPSA) is 58.9 Å². The summed E-state index contributed by atoms with van der Waals surface area (Å²) >= 11 is 0. The third-order valence-electron chi connectivity index (χ3n) is 10.3. The van der Waals surface area contributed by atoms with Crippen LogP contribution in [-0.4, -0.2) is 48.1 Å². The summed E-state index contributed by atoms with van der Waals surface area (Å²) in [6, 6.07) is 18.3. The number of fused-ring (bicyclic) bond motifs is 3. The minimum Gasteiger partial charge on any atom is -0.408 e. The Balaban J connectivity index is 1.92. The average Bonchev–Trinajstić information content (AvgIpc) is 3.42. The largest absolute Gasteiger partial charge is 0.495 e. The number of hydrogen-bond donors (Lipinski definition) is 0. The fourth-order valence-electron chi connectivity index (χ4n) is 6.44. The fraction of sp³-hybridized carbons (Fsp3) is 0.525. The van der Waals surface area contributed by atoms with Crippen LogP contribution >= 0.6 is 0 Å². The molecular weight excluding hydrogens is 596 g/mol. The Morgan fingerprint density at radius 1 is 0.792 bits per heavy atom. The van der Waals surface area contributed by atoms with Gasteiger partial charge >= 0.3 is 14.2 Å². The van der Waals surface area contributed by atoms with Crippen molar-refractivity contribution < 1.29 is 23.4 Å². The summed E-state index contributed by atoms with van der Waals surface area (Å²) in [5, 5.41) is 1.91. The summed E-state index contributed by atoms with van der Waals surface area (Å²) in [7, 11) is -1.14. The highest BCUT2D eigenvalue weighted by molar-refractivity contribution is 6.63. The molecule has 1 aliphatic heterocycles. The first-order valence-electron chi connectivity index (χ1n) is 17.5. The second kappa shape index (κ2) is 12.5. The molecule has 0 amide bonds. The van der Waals surface area contributed by atoms with Crippen LogP contribution in [0, 0.1) is 0 Å². The molecule has 8 heteroatoms. The van der Waals surface area contributed by atoms with Gasteiger partial charge in [0, 0.05) is 28.5 Å².